The highest BCUT2D eigenvalue weighted by Crippen LogP contribution is 2.21. The maximum Gasteiger partial charge on any atom is 0.265 e. The number of carbonyl (C=O) groups is 1. The lowest BCUT2D eigenvalue weighted by Gasteiger charge is -2.16. The number of nitrogens with one attached hydrogen (secondary N) is 1. The maximum absolute atomic E-state index is 12.3. The Hall–Kier alpha value is -2.00. The highest BCUT2D eigenvalue weighted by Gasteiger charge is 2.16. The summed E-state index contributed by atoms with van der Waals surface area (Å²) >= 11 is 5.96. The summed E-state index contributed by atoms with van der Waals surface area (Å²) in [4.78, 5) is 12.3. The molecule has 22 heavy (non-hydrogen) atoms. The van der Waals surface area contributed by atoms with Gasteiger partial charge in [-0.3, -0.25) is 4.79 Å². The first-order chi connectivity index (χ1) is 10.5. The third kappa shape index (κ3) is 4.25. The number of carbonyl (C=O) groups excluding carboxylic acids is 1. The van der Waals surface area contributed by atoms with E-state index in [2.05, 4.69) is 12.2 Å². The van der Waals surface area contributed by atoms with Crippen LogP contribution >= 0.6 is 11.6 Å². The van der Waals surface area contributed by atoms with Crippen LogP contribution in [-0.2, 0) is 11.2 Å². The van der Waals surface area contributed by atoms with Gasteiger partial charge in [-0.15, -0.1) is 0 Å². The van der Waals surface area contributed by atoms with Gasteiger partial charge in [-0.05, 0) is 55.7 Å². The molecular weight excluding hydrogens is 298 g/mol. The molecule has 0 heterocycles. The molecular formula is C18H20ClNO2. The third-order valence-corrected chi connectivity index (χ3v) is 3.68. The summed E-state index contributed by atoms with van der Waals surface area (Å²) in [6.45, 7) is 5.73. The lowest BCUT2D eigenvalue weighted by atomic mass is 10.1. The van der Waals surface area contributed by atoms with E-state index in [-0.39, 0.29) is 5.91 Å². The van der Waals surface area contributed by atoms with Gasteiger partial charge in [0.25, 0.3) is 5.91 Å². The number of hydrogen-bond donors (Lipinski definition) is 1. The van der Waals surface area contributed by atoms with Crippen molar-refractivity contribution in [1.29, 1.82) is 0 Å². The number of halogens is 1. The van der Waals surface area contributed by atoms with Crippen molar-refractivity contribution < 1.29 is 9.53 Å². The normalized spacial score (nSPS) is 11.8. The van der Waals surface area contributed by atoms with Crippen LogP contribution in [0.5, 0.6) is 5.75 Å². The minimum Gasteiger partial charge on any atom is -0.481 e. The molecule has 3 nitrogen and oxygen atoms in total. The molecule has 1 N–H and O–H groups in total. The Morgan fingerprint density at radius 2 is 2.05 bits per heavy atom. The Labute approximate surface area is 136 Å². The molecule has 2 rings (SSSR count). The number of hydrogen-bond acceptors (Lipinski definition) is 2. The van der Waals surface area contributed by atoms with Crippen LogP contribution < -0.4 is 10.1 Å². The molecule has 0 saturated heterocycles. The zero-order chi connectivity index (χ0) is 16.1. The molecule has 0 spiro atoms. The standard InChI is InChI=1S/C18H20ClNO2/c1-4-14-6-5-7-16(10-14)22-13(3)18(21)20-17-11-15(19)9-8-12(17)2/h5-11,13H,4H2,1-3H3,(H,20,21). The van der Waals surface area contributed by atoms with E-state index in [9.17, 15) is 4.79 Å². The van der Waals surface area contributed by atoms with Crippen molar-refractivity contribution in [2.24, 2.45) is 0 Å². The predicted octanol–water partition coefficient (Wildman–Crippen LogP) is 4.62. The highest BCUT2D eigenvalue weighted by atomic mass is 35.5. The molecule has 0 aromatic heterocycles. The van der Waals surface area contributed by atoms with Gasteiger partial charge in [0.1, 0.15) is 5.75 Å². The highest BCUT2D eigenvalue weighted by molar-refractivity contribution is 6.31. The van der Waals surface area contributed by atoms with Gasteiger partial charge in [-0.25, -0.2) is 0 Å². The molecule has 1 amide bonds. The second-order valence-corrected chi connectivity index (χ2v) is 5.65. The van der Waals surface area contributed by atoms with E-state index in [1.54, 1.807) is 19.1 Å². The fourth-order valence-corrected chi connectivity index (χ4v) is 2.23. The maximum atomic E-state index is 12.3. The summed E-state index contributed by atoms with van der Waals surface area (Å²) in [7, 11) is 0. The molecule has 0 aliphatic carbocycles. The molecule has 0 saturated carbocycles. The van der Waals surface area contributed by atoms with Crippen LogP contribution in [0.15, 0.2) is 42.5 Å². The molecule has 2 aromatic rings. The van der Waals surface area contributed by atoms with Gasteiger partial charge in [0.2, 0.25) is 0 Å². The fraction of sp³-hybridized carbons (Fsp3) is 0.278. The smallest absolute Gasteiger partial charge is 0.265 e. The van der Waals surface area contributed by atoms with Crippen molar-refractivity contribution in [1.82, 2.24) is 0 Å². The Morgan fingerprint density at radius 3 is 2.77 bits per heavy atom. The molecule has 2 aromatic carbocycles. The summed E-state index contributed by atoms with van der Waals surface area (Å²) in [5.41, 5.74) is 2.84. The molecule has 4 heteroatoms. The van der Waals surface area contributed by atoms with Gasteiger partial charge < -0.3 is 10.1 Å². The predicted molar refractivity (Wildman–Crippen MR) is 90.7 cm³/mol. The van der Waals surface area contributed by atoms with Crippen molar-refractivity contribution >= 4 is 23.2 Å². The van der Waals surface area contributed by atoms with E-state index < -0.39 is 6.10 Å². The van der Waals surface area contributed by atoms with Gasteiger partial charge >= 0.3 is 0 Å². The number of benzene rings is 2. The first kappa shape index (κ1) is 16.4. The Morgan fingerprint density at radius 1 is 1.27 bits per heavy atom. The number of ether oxygens (including phenoxy) is 1. The van der Waals surface area contributed by atoms with Crippen LogP contribution in [0.3, 0.4) is 0 Å². The van der Waals surface area contributed by atoms with Crippen molar-refractivity contribution in [3.8, 4) is 5.75 Å². The number of anilines is 1. The molecule has 0 aliphatic heterocycles. The third-order valence-electron chi connectivity index (χ3n) is 3.45. The molecule has 0 aliphatic rings. The minimum absolute atomic E-state index is 0.202. The summed E-state index contributed by atoms with van der Waals surface area (Å²) < 4.78 is 5.72. The van der Waals surface area contributed by atoms with Crippen molar-refractivity contribution in [2.45, 2.75) is 33.3 Å². The Bertz CT molecular complexity index is 670. The Kier molecular flexibility index (Phi) is 5.45. The molecule has 116 valence electrons. The van der Waals surface area contributed by atoms with E-state index in [1.165, 1.54) is 5.56 Å². The van der Waals surface area contributed by atoms with E-state index in [0.29, 0.717) is 16.5 Å². The zero-order valence-electron chi connectivity index (χ0n) is 13.0. The van der Waals surface area contributed by atoms with Gasteiger partial charge in [-0.2, -0.15) is 0 Å². The van der Waals surface area contributed by atoms with Crippen LogP contribution in [0.2, 0.25) is 5.02 Å². The second-order valence-electron chi connectivity index (χ2n) is 5.21. The van der Waals surface area contributed by atoms with Gasteiger partial charge in [0.05, 0.1) is 0 Å². The van der Waals surface area contributed by atoms with Crippen molar-refractivity contribution in [3.05, 3.63) is 58.6 Å². The summed E-state index contributed by atoms with van der Waals surface area (Å²) in [6, 6.07) is 13.2. The van der Waals surface area contributed by atoms with Crippen LogP contribution in [0.1, 0.15) is 25.0 Å². The molecule has 1 unspecified atom stereocenters. The first-order valence-corrected chi connectivity index (χ1v) is 7.70. The van der Waals surface area contributed by atoms with Gasteiger partial charge in [0, 0.05) is 10.7 Å². The van der Waals surface area contributed by atoms with Gasteiger partial charge in [0.15, 0.2) is 6.10 Å². The monoisotopic (exact) mass is 317 g/mol. The summed E-state index contributed by atoms with van der Waals surface area (Å²) in [5.74, 6) is 0.497. The Balaban J connectivity index is 2.04. The summed E-state index contributed by atoms with van der Waals surface area (Å²) in [5, 5.41) is 3.44. The lowest BCUT2D eigenvalue weighted by Crippen LogP contribution is -2.30. The van der Waals surface area contributed by atoms with Crippen molar-refractivity contribution in [3.63, 3.8) is 0 Å². The molecule has 1 atom stereocenters. The fourth-order valence-electron chi connectivity index (χ4n) is 2.06. The average molecular weight is 318 g/mol. The largest absolute Gasteiger partial charge is 0.481 e. The molecule has 0 radical (unpaired) electrons. The quantitative estimate of drug-likeness (QED) is 0.874. The van der Waals surface area contributed by atoms with E-state index >= 15 is 0 Å². The SMILES string of the molecule is CCc1cccc(OC(C)C(=O)Nc2cc(Cl)ccc2C)c1. The van der Waals surface area contributed by atoms with Crippen LogP contribution in [-0.4, -0.2) is 12.0 Å². The lowest BCUT2D eigenvalue weighted by molar-refractivity contribution is -0.122. The van der Waals surface area contributed by atoms with Gasteiger partial charge in [-0.1, -0.05) is 36.7 Å². The number of rotatable bonds is 5. The average Bonchev–Trinajstić information content (AvgIpc) is 2.51. The van der Waals surface area contributed by atoms with Crippen LogP contribution in [0, 0.1) is 6.92 Å². The number of aryl methyl sites for hydroxylation is 2. The van der Waals surface area contributed by atoms with E-state index in [0.717, 1.165) is 12.0 Å². The van der Waals surface area contributed by atoms with Crippen LogP contribution in [0.4, 0.5) is 5.69 Å². The topological polar surface area (TPSA) is 38.3 Å². The summed E-state index contributed by atoms with van der Waals surface area (Å²) in [6.07, 6.45) is 0.338. The second kappa shape index (κ2) is 7.32. The molecule has 0 fully saturated rings. The van der Waals surface area contributed by atoms with Crippen molar-refractivity contribution in [2.75, 3.05) is 5.32 Å². The van der Waals surface area contributed by atoms with E-state index in [1.807, 2.05) is 37.3 Å². The minimum atomic E-state index is -0.592. The number of amides is 1. The zero-order valence-corrected chi connectivity index (χ0v) is 13.8. The molecule has 0 bridgehead atoms. The first-order valence-electron chi connectivity index (χ1n) is 7.32. The van der Waals surface area contributed by atoms with Crippen LogP contribution in [0.25, 0.3) is 0 Å². The van der Waals surface area contributed by atoms with E-state index in [4.69, 9.17) is 16.3 Å².